The van der Waals surface area contributed by atoms with Crippen LogP contribution in [0.3, 0.4) is 0 Å². The zero-order valence-corrected chi connectivity index (χ0v) is 23.4. The molecule has 4 heterocycles. The molecule has 1 aliphatic carbocycles. The second-order valence-corrected chi connectivity index (χ2v) is 12.0. The van der Waals surface area contributed by atoms with Crippen molar-refractivity contribution in [3.05, 3.63) is 58.8 Å². The fourth-order valence-corrected chi connectivity index (χ4v) is 7.74. The second-order valence-electron chi connectivity index (χ2n) is 10.8. The molecule has 3 aliphatic heterocycles. The van der Waals surface area contributed by atoms with Gasteiger partial charge >= 0.3 is 6.03 Å². The largest absolute Gasteiger partial charge is 0.439 e. The third-order valence-electron chi connectivity index (χ3n) is 8.02. The summed E-state index contributed by atoms with van der Waals surface area (Å²) in [6.45, 7) is 4.15. The first-order chi connectivity index (χ1) is 19.4. The van der Waals surface area contributed by atoms with Crippen molar-refractivity contribution in [3.63, 3.8) is 0 Å². The number of anilines is 1. The molecule has 11 heteroatoms. The molecule has 4 N–H and O–H groups in total. The van der Waals surface area contributed by atoms with E-state index in [-0.39, 0.29) is 47.3 Å². The highest BCUT2D eigenvalue weighted by Gasteiger charge is 2.52. The van der Waals surface area contributed by atoms with E-state index in [9.17, 15) is 14.4 Å². The second kappa shape index (κ2) is 11.1. The monoisotopic (exact) mass is 562 g/mol. The minimum absolute atomic E-state index is 0.00923. The lowest BCUT2D eigenvalue weighted by Crippen LogP contribution is -2.62. The van der Waals surface area contributed by atoms with Gasteiger partial charge < -0.3 is 26.0 Å². The lowest BCUT2D eigenvalue weighted by Gasteiger charge is -2.46. The maximum atomic E-state index is 13.6. The number of rotatable bonds is 6. The van der Waals surface area contributed by atoms with Crippen molar-refractivity contribution in [3.8, 4) is 11.6 Å². The molecule has 5 atom stereocenters. The molecule has 0 radical (unpaired) electrons. The van der Waals surface area contributed by atoms with Gasteiger partial charge in [-0.1, -0.05) is 30.0 Å². The molecular formula is C29H34N6O4S. The van der Waals surface area contributed by atoms with Gasteiger partial charge in [0.05, 0.1) is 27.7 Å². The van der Waals surface area contributed by atoms with Gasteiger partial charge in [-0.2, -0.15) is 0 Å². The zero-order valence-electron chi connectivity index (χ0n) is 22.6. The number of para-hydroxylation sites is 1. The number of carbonyl (C=O) groups is 3. The molecule has 4 aliphatic rings. The van der Waals surface area contributed by atoms with Gasteiger partial charge in [0.1, 0.15) is 5.75 Å². The lowest BCUT2D eigenvalue weighted by molar-refractivity contribution is -0.119. The summed E-state index contributed by atoms with van der Waals surface area (Å²) in [6, 6.07) is 12.8. The SMILES string of the molecule is CC(=O)N[C@@H]1CCC[C@H](NC(=O)C2=C3NC(=O)N(c4ccc(Oc5ccccc5)nc4C)C4CCNC(S2)C34)C1. The van der Waals surface area contributed by atoms with Crippen LogP contribution in [0.1, 0.15) is 44.7 Å². The fourth-order valence-electron chi connectivity index (χ4n) is 6.34. The first kappa shape index (κ1) is 26.6. The number of hydrogen-bond acceptors (Lipinski definition) is 7. The first-order valence-electron chi connectivity index (χ1n) is 13.9. The van der Waals surface area contributed by atoms with Gasteiger partial charge in [-0.05, 0) is 63.8 Å². The Bertz CT molecular complexity index is 1350. The normalized spacial score (nSPS) is 27.5. The molecule has 3 unspecified atom stereocenters. The Kier molecular flexibility index (Phi) is 7.41. The number of benzene rings is 1. The number of nitrogens with one attached hydrogen (secondary N) is 4. The van der Waals surface area contributed by atoms with E-state index in [2.05, 4.69) is 26.3 Å². The molecule has 1 aromatic carbocycles. The van der Waals surface area contributed by atoms with Gasteiger partial charge in [-0.15, -0.1) is 0 Å². The standard InChI is InChI=1S/C29H34N6O4S/c1-16-21(11-12-23(31-16)39-20-9-4-3-5-10-20)35-22-13-14-30-28-24(22)25(34-29(35)38)26(40-28)27(37)33-19-8-6-7-18(15-19)32-17(2)36/h3-5,9-12,18-19,22,24,28,30H,6-8,13-15H2,1-2H3,(H,32,36)(H,33,37)(H,34,38)/t18-,19+,22?,24?,28?/m1/s1. The lowest BCUT2D eigenvalue weighted by atomic mass is 9.86. The fraction of sp³-hybridized carbons (Fsp3) is 0.448. The van der Waals surface area contributed by atoms with Crippen LogP contribution in [0.2, 0.25) is 0 Å². The summed E-state index contributed by atoms with van der Waals surface area (Å²) in [5, 5.41) is 12.8. The van der Waals surface area contributed by atoms with Crippen molar-refractivity contribution in [1.82, 2.24) is 26.3 Å². The smallest absolute Gasteiger partial charge is 0.326 e. The van der Waals surface area contributed by atoms with Gasteiger partial charge in [-0.3, -0.25) is 14.5 Å². The third kappa shape index (κ3) is 5.27. The predicted octanol–water partition coefficient (Wildman–Crippen LogP) is 3.54. The Balaban J connectivity index is 1.21. The number of ether oxygens (including phenoxy) is 1. The topological polar surface area (TPSA) is 125 Å². The van der Waals surface area contributed by atoms with E-state index in [1.807, 2.05) is 43.3 Å². The zero-order chi connectivity index (χ0) is 27.8. The van der Waals surface area contributed by atoms with E-state index >= 15 is 0 Å². The number of urea groups is 1. The van der Waals surface area contributed by atoms with Crippen LogP contribution in [0.5, 0.6) is 11.6 Å². The summed E-state index contributed by atoms with van der Waals surface area (Å²) in [6.07, 6.45) is 4.21. The van der Waals surface area contributed by atoms with Crippen LogP contribution in [-0.4, -0.2) is 52.9 Å². The van der Waals surface area contributed by atoms with E-state index in [1.54, 1.807) is 11.0 Å². The summed E-state index contributed by atoms with van der Waals surface area (Å²) < 4.78 is 5.89. The summed E-state index contributed by atoms with van der Waals surface area (Å²) in [5.74, 6) is 0.912. The molecule has 0 spiro atoms. The van der Waals surface area contributed by atoms with Crippen LogP contribution < -0.4 is 30.9 Å². The number of hydrogen-bond donors (Lipinski definition) is 4. The molecule has 210 valence electrons. The van der Waals surface area contributed by atoms with Crippen molar-refractivity contribution in [1.29, 1.82) is 0 Å². The highest BCUT2D eigenvalue weighted by Crippen LogP contribution is 2.48. The predicted molar refractivity (Wildman–Crippen MR) is 153 cm³/mol. The van der Waals surface area contributed by atoms with Crippen molar-refractivity contribution in [2.24, 2.45) is 5.92 Å². The Hall–Kier alpha value is -3.57. The van der Waals surface area contributed by atoms with E-state index < -0.39 is 0 Å². The van der Waals surface area contributed by atoms with Gasteiger partial charge in [0.2, 0.25) is 11.8 Å². The van der Waals surface area contributed by atoms with E-state index in [1.165, 1.54) is 18.7 Å². The maximum absolute atomic E-state index is 13.6. The molecule has 0 bridgehead atoms. The highest BCUT2D eigenvalue weighted by molar-refractivity contribution is 8.04. The minimum atomic E-state index is -0.255. The molecular weight excluding hydrogens is 528 g/mol. The van der Waals surface area contributed by atoms with Gasteiger partial charge in [0.25, 0.3) is 5.91 Å². The van der Waals surface area contributed by atoms with Crippen LogP contribution in [0.4, 0.5) is 10.5 Å². The summed E-state index contributed by atoms with van der Waals surface area (Å²) in [7, 11) is 0. The molecule has 1 aromatic heterocycles. The van der Waals surface area contributed by atoms with E-state index in [0.717, 1.165) is 37.9 Å². The third-order valence-corrected chi connectivity index (χ3v) is 9.38. The van der Waals surface area contributed by atoms with E-state index in [4.69, 9.17) is 4.74 Å². The molecule has 2 aromatic rings. The van der Waals surface area contributed by atoms with Crippen LogP contribution in [0.25, 0.3) is 0 Å². The van der Waals surface area contributed by atoms with Crippen LogP contribution in [0, 0.1) is 12.8 Å². The summed E-state index contributed by atoms with van der Waals surface area (Å²) in [5.41, 5.74) is 2.13. The molecule has 3 fully saturated rings. The number of nitrogens with zero attached hydrogens (tertiary/aromatic N) is 2. The van der Waals surface area contributed by atoms with Crippen molar-refractivity contribution in [2.45, 2.75) is 69.5 Å². The molecule has 40 heavy (non-hydrogen) atoms. The Morgan fingerprint density at radius 3 is 2.60 bits per heavy atom. The number of piperidine rings is 1. The number of thioether (sulfide) groups is 1. The Morgan fingerprint density at radius 2 is 1.85 bits per heavy atom. The number of aryl methyl sites for hydroxylation is 1. The number of pyridine rings is 1. The maximum Gasteiger partial charge on any atom is 0.326 e. The van der Waals surface area contributed by atoms with Crippen molar-refractivity contribution < 1.29 is 19.1 Å². The van der Waals surface area contributed by atoms with Gasteiger partial charge in [0, 0.05) is 36.7 Å². The number of amides is 4. The molecule has 2 saturated heterocycles. The van der Waals surface area contributed by atoms with Gasteiger partial charge in [0.15, 0.2) is 0 Å². The summed E-state index contributed by atoms with van der Waals surface area (Å²) >= 11 is 1.50. The molecule has 4 amide bonds. The minimum Gasteiger partial charge on any atom is -0.439 e. The molecule has 6 rings (SSSR count). The summed E-state index contributed by atoms with van der Waals surface area (Å²) in [4.78, 5) is 45.6. The van der Waals surface area contributed by atoms with Crippen LogP contribution >= 0.6 is 11.8 Å². The van der Waals surface area contributed by atoms with Crippen LogP contribution in [-0.2, 0) is 9.59 Å². The number of aromatic nitrogens is 1. The van der Waals surface area contributed by atoms with Crippen molar-refractivity contribution >= 4 is 35.3 Å². The molecule has 1 saturated carbocycles. The number of carbonyl (C=O) groups excluding carboxylic acids is 3. The Morgan fingerprint density at radius 1 is 1.07 bits per heavy atom. The van der Waals surface area contributed by atoms with Crippen LogP contribution in [0.15, 0.2) is 53.1 Å². The molecule has 10 nitrogen and oxygen atoms in total. The Labute approximate surface area is 237 Å². The average molecular weight is 563 g/mol. The highest BCUT2D eigenvalue weighted by atomic mass is 32.2. The van der Waals surface area contributed by atoms with Crippen molar-refractivity contribution in [2.75, 3.05) is 11.4 Å². The van der Waals surface area contributed by atoms with Gasteiger partial charge in [-0.25, -0.2) is 9.78 Å². The quantitative estimate of drug-likeness (QED) is 0.425. The first-order valence-corrected chi connectivity index (χ1v) is 14.8. The van der Waals surface area contributed by atoms with E-state index in [0.29, 0.717) is 34.3 Å². The average Bonchev–Trinajstić information content (AvgIpc) is 3.29.